The van der Waals surface area contributed by atoms with Crippen LogP contribution >= 0.6 is 0 Å². The van der Waals surface area contributed by atoms with Crippen molar-refractivity contribution >= 4 is 5.91 Å². The third kappa shape index (κ3) is 4.18. The zero-order valence-electron chi connectivity index (χ0n) is 13.1. The summed E-state index contributed by atoms with van der Waals surface area (Å²) in [7, 11) is 0. The average Bonchev–Trinajstić information content (AvgIpc) is 3.04. The van der Waals surface area contributed by atoms with E-state index in [4.69, 9.17) is 4.74 Å². The average molecular weight is 295 g/mol. The number of hydrogen-bond donors (Lipinski definition) is 1. The second-order valence-electron chi connectivity index (χ2n) is 6.66. The highest BCUT2D eigenvalue weighted by Gasteiger charge is 2.31. The number of nitrogens with one attached hydrogen (secondary N) is 1. The van der Waals surface area contributed by atoms with E-state index in [1.807, 2.05) is 0 Å². The lowest BCUT2D eigenvalue weighted by atomic mass is 9.93. The van der Waals surface area contributed by atoms with Gasteiger partial charge in [0.1, 0.15) is 0 Å². The summed E-state index contributed by atoms with van der Waals surface area (Å²) in [5.74, 6) is 1.14. The second kappa shape index (κ2) is 7.56. The van der Waals surface area contributed by atoms with E-state index in [0.29, 0.717) is 11.9 Å². The molecule has 0 bridgehead atoms. The predicted molar refractivity (Wildman–Crippen MR) is 82.2 cm³/mol. The molecule has 1 amide bonds. The molecule has 0 spiro atoms. The molecule has 3 saturated heterocycles. The van der Waals surface area contributed by atoms with Crippen LogP contribution in [0.4, 0.5) is 0 Å². The minimum Gasteiger partial charge on any atom is -0.379 e. The summed E-state index contributed by atoms with van der Waals surface area (Å²) in [6, 6.07) is 0.566. The Morgan fingerprint density at radius 1 is 1.10 bits per heavy atom. The number of ether oxygens (including phenoxy) is 1. The summed E-state index contributed by atoms with van der Waals surface area (Å²) < 4.78 is 5.41. The maximum absolute atomic E-state index is 12.4. The maximum Gasteiger partial charge on any atom is 0.222 e. The van der Waals surface area contributed by atoms with E-state index in [1.54, 1.807) is 0 Å². The van der Waals surface area contributed by atoms with Gasteiger partial charge in [0, 0.05) is 38.6 Å². The van der Waals surface area contributed by atoms with Gasteiger partial charge in [-0.3, -0.25) is 9.69 Å². The molecule has 3 fully saturated rings. The molecule has 5 heteroatoms. The van der Waals surface area contributed by atoms with E-state index in [9.17, 15) is 4.79 Å². The molecule has 3 rings (SSSR count). The Kier molecular flexibility index (Phi) is 5.49. The molecular weight excluding hydrogens is 266 g/mol. The second-order valence-corrected chi connectivity index (χ2v) is 6.66. The largest absolute Gasteiger partial charge is 0.379 e. The molecule has 3 aliphatic rings. The summed E-state index contributed by atoms with van der Waals surface area (Å²) in [6.45, 7) is 7.89. The molecule has 0 aliphatic carbocycles. The van der Waals surface area contributed by atoms with E-state index in [0.717, 1.165) is 77.7 Å². The SMILES string of the molecule is O=C(CCC1CCNCC1)N1CCC(N2CCOCC2)C1. The van der Waals surface area contributed by atoms with Crippen LogP contribution < -0.4 is 5.32 Å². The Bertz CT molecular complexity index is 338. The Balaban J connectivity index is 1.39. The van der Waals surface area contributed by atoms with Crippen LogP contribution in [0.5, 0.6) is 0 Å². The molecule has 3 heterocycles. The third-order valence-electron chi connectivity index (χ3n) is 5.30. The summed E-state index contributed by atoms with van der Waals surface area (Å²) in [5, 5.41) is 3.39. The smallest absolute Gasteiger partial charge is 0.222 e. The number of hydrogen-bond acceptors (Lipinski definition) is 4. The monoisotopic (exact) mass is 295 g/mol. The highest BCUT2D eigenvalue weighted by molar-refractivity contribution is 5.76. The summed E-state index contributed by atoms with van der Waals surface area (Å²) in [6.07, 6.45) is 5.45. The number of amides is 1. The first-order valence-corrected chi connectivity index (χ1v) is 8.63. The van der Waals surface area contributed by atoms with Gasteiger partial charge in [-0.05, 0) is 44.7 Å². The van der Waals surface area contributed by atoms with Gasteiger partial charge in [-0.15, -0.1) is 0 Å². The quantitative estimate of drug-likeness (QED) is 0.829. The molecule has 21 heavy (non-hydrogen) atoms. The summed E-state index contributed by atoms with van der Waals surface area (Å²) in [4.78, 5) is 17.0. The lowest BCUT2D eigenvalue weighted by Gasteiger charge is -2.32. The zero-order chi connectivity index (χ0) is 14.5. The van der Waals surface area contributed by atoms with Crippen LogP contribution in [0.25, 0.3) is 0 Å². The molecule has 1 unspecified atom stereocenters. The number of carbonyl (C=O) groups excluding carboxylic acids is 1. The first-order chi connectivity index (χ1) is 10.3. The van der Waals surface area contributed by atoms with Crippen LogP contribution in [-0.2, 0) is 9.53 Å². The van der Waals surface area contributed by atoms with E-state index in [-0.39, 0.29) is 0 Å². The molecule has 0 aromatic carbocycles. The molecule has 3 aliphatic heterocycles. The maximum atomic E-state index is 12.4. The number of carbonyl (C=O) groups is 1. The van der Waals surface area contributed by atoms with Crippen molar-refractivity contribution < 1.29 is 9.53 Å². The molecule has 120 valence electrons. The predicted octanol–water partition coefficient (Wildman–Crippen LogP) is 0.699. The van der Waals surface area contributed by atoms with Crippen LogP contribution in [0.1, 0.15) is 32.1 Å². The molecule has 0 radical (unpaired) electrons. The van der Waals surface area contributed by atoms with Gasteiger partial charge in [-0.1, -0.05) is 0 Å². The van der Waals surface area contributed by atoms with E-state index in [2.05, 4.69) is 15.1 Å². The Hall–Kier alpha value is -0.650. The highest BCUT2D eigenvalue weighted by atomic mass is 16.5. The van der Waals surface area contributed by atoms with Crippen LogP contribution in [0.2, 0.25) is 0 Å². The fraction of sp³-hybridized carbons (Fsp3) is 0.938. The van der Waals surface area contributed by atoms with Gasteiger partial charge in [-0.25, -0.2) is 0 Å². The number of likely N-dealkylation sites (tertiary alicyclic amines) is 1. The van der Waals surface area contributed by atoms with Crippen molar-refractivity contribution in [3.05, 3.63) is 0 Å². The van der Waals surface area contributed by atoms with Gasteiger partial charge in [-0.2, -0.15) is 0 Å². The Morgan fingerprint density at radius 2 is 1.86 bits per heavy atom. The molecule has 0 saturated carbocycles. The van der Waals surface area contributed by atoms with Crippen molar-refractivity contribution in [1.82, 2.24) is 15.1 Å². The number of morpholine rings is 1. The molecule has 0 aromatic rings. The Morgan fingerprint density at radius 3 is 2.62 bits per heavy atom. The molecular formula is C16H29N3O2. The van der Waals surface area contributed by atoms with Crippen molar-refractivity contribution in [2.45, 2.75) is 38.1 Å². The zero-order valence-corrected chi connectivity index (χ0v) is 13.1. The van der Waals surface area contributed by atoms with Crippen molar-refractivity contribution in [1.29, 1.82) is 0 Å². The number of nitrogens with zero attached hydrogens (tertiary/aromatic N) is 2. The van der Waals surface area contributed by atoms with E-state index >= 15 is 0 Å². The topological polar surface area (TPSA) is 44.8 Å². The molecule has 0 aromatic heterocycles. The highest BCUT2D eigenvalue weighted by Crippen LogP contribution is 2.21. The lowest BCUT2D eigenvalue weighted by molar-refractivity contribution is -0.130. The minimum atomic E-state index is 0.379. The van der Waals surface area contributed by atoms with Gasteiger partial charge in [0.15, 0.2) is 0 Å². The summed E-state index contributed by atoms with van der Waals surface area (Å²) in [5.41, 5.74) is 0. The normalized spacial score (nSPS) is 29.0. The molecule has 5 nitrogen and oxygen atoms in total. The van der Waals surface area contributed by atoms with Gasteiger partial charge >= 0.3 is 0 Å². The third-order valence-corrected chi connectivity index (χ3v) is 5.30. The summed E-state index contributed by atoms with van der Waals surface area (Å²) >= 11 is 0. The van der Waals surface area contributed by atoms with Crippen LogP contribution in [0, 0.1) is 5.92 Å². The van der Waals surface area contributed by atoms with Crippen molar-refractivity contribution in [2.75, 3.05) is 52.5 Å². The van der Waals surface area contributed by atoms with Gasteiger partial charge in [0.25, 0.3) is 0 Å². The van der Waals surface area contributed by atoms with E-state index < -0.39 is 0 Å². The fourth-order valence-electron chi connectivity index (χ4n) is 3.87. The van der Waals surface area contributed by atoms with Crippen molar-refractivity contribution in [3.8, 4) is 0 Å². The van der Waals surface area contributed by atoms with Gasteiger partial charge in [0.05, 0.1) is 13.2 Å². The van der Waals surface area contributed by atoms with Gasteiger partial charge < -0.3 is 15.0 Å². The van der Waals surface area contributed by atoms with Gasteiger partial charge in [0.2, 0.25) is 5.91 Å². The first-order valence-electron chi connectivity index (χ1n) is 8.63. The standard InChI is InChI=1S/C16H29N3O2/c20-16(2-1-14-3-6-17-7-4-14)19-8-5-15(13-19)18-9-11-21-12-10-18/h14-15,17H,1-13H2. The number of piperidine rings is 1. The minimum absolute atomic E-state index is 0.379. The molecule has 1 atom stereocenters. The number of rotatable bonds is 4. The fourth-order valence-corrected chi connectivity index (χ4v) is 3.87. The van der Waals surface area contributed by atoms with E-state index in [1.165, 1.54) is 12.8 Å². The molecule has 1 N–H and O–H groups in total. The van der Waals surface area contributed by atoms with Crippen LogP contribution in [-0.4, -0.2) is 74.2 Å². The first kappa shape index (κ1) is 15.3. The van der Waals surface area contributed by atoms with Crippen LogP contribution in [0.15, 0.2) is 0 Å². The lowest BCUT2D eigenvalue weighted by Crippen LogP contribution is -2.45. The Labute approximate surface area is 128 Å². The van der Waals surface area contributed by atoms with Crippen molar-refractivity contribution in [2.24, 2.45) is 5.92 Å². The van der Waals surface area contributed by atoms with Crippen molar-refractivity contribution in [3.63, 3.8) is 0 Å². The van der Waals surface area contributed by atoms with Crippen LogP contribution in [0.3, 0.4) is 0 Å².